The molecule has 0 aliphatic heterocycles. The molecule has 0 spiro atoms. The first kappa shape index (κ1) is 9.51. The Labute approximate surface area is 76.5 Å². The molecule has 0 unspecified atom stereocenters. The summed E-state index contributed by atoms with van der Waals surface area (Å²) in [5, 5.41) is 2.66. The van der Waals surface area contributed by atoms with Crippen molar-refractivity contribution in [1.29, 1.82) is 0 Å². The van der Waals surface area contributed by atoms with Gasteiger partial charge in [-0.05, 0) is 19.1 Å². The second-order valence-electron chi connectivity index (χ2n) is 2.63. The molecule has 0 saturated carbocycles. The van der Waals surface area contributed by atoms with Gasteiger partial charge >= 0.3 is 0 Å². The van der Waals surface area contributed by atoms with Crippen LogP contribution in [0.3, 0.4) is 0 Å². The molecule has 0 saturated heterocycles. The van der Waals surface area contributed by atoms with Crippen molar-refractivity contribution in [3.8, 4) is 0 Å². The van der Waals surface area contributed by atoms with E-state index in [0.29, 0.717) is 12.2 Å². The summed E-state index contributed by atoms with van der Waals surface area (Å²) in [4.78, 5) is 21.6. The number of nitrogens with zero attached hydrogens (tertiary/aromatic N) is 1. The third kappa shape index (κ3) is 2.43. The zero-order chi connectivity index (χ0) is 9.68. The van der Waals surface area contributed by atoms with E-state index < -0.39 is 0 Å². The fraction of sp³-hybridized carbons (Fsp3) is 0.333. The van der Waals surface area contributed by atoms with Crippen LogP contribution in [0.2, 0.25) is 0 Å². The normalized spacial score (nSPS) is 9.62. The van der Waals surface area contributed by atoms with Crippen LogP contribution in [0.25, 0.3) is 0 Å². The molecule has 1 aromatic rings. The van der Waals surface area contributed by atoms with E-state index in [1.165, 1.54) is 0 Å². The van der Waals surface area contributed by atoms with Crippen molar-refractivity contribution in [1.82, 2.24) is 9.88 Å². The molecule has 0 atom stereocenters. The molecule has 70 valence electrons. The third-order valence-electron chi connectivity index (χ3n) is 1.67. The van der Waals surface area contributed by atoms with Crippen molar-refractivity contribution in [3.63, 3.8) is 0 Å². The number of nitrogens with one attached hydrogen (secondary N) is 1. The first-order chi connectivity index (χ1) is 6.27. The summed E-state index contributed by atoms with van der Waals surface area (Å²) in [6, 6.07) is 3.41. The van der Waals surface area contributed by atoms with Crippen LogP contribution in [0.15, 0.2) is 18.3 Å². The van der Waals surface area contributed by atoms with Crippen LogP contribution in [0, 0.1) is 0 Å². The van der Waals surface area contributed by atoms with Crippen molar-refractivity contribution >= 4 is 12.2 Å². The van der Waals surface area contributed by atoms with E-state index in [0.717, 1.165) is 6.29 Å². The van der Waals surface area contributed by atoms with Gasteiger partial charge in [-0.2, -0.15) is 0 Å². The van der Waals surface area contributed by atoms with Crippen molar-refractivity contribution in [2.45, 2.75) is 13.5 Å². The molecule has 1 aromatic heterocycles. The lowest BCUT2D eigenvalue weighted by molar-refractivity contribution is -0.121. The van der Waals surface area contributed by atoms with Crippen molar-refractivity contribution in [2.24, 2.45) is 0 Å². The highest BCUT2D eigenvalue weighted by molar-refractivity contribution is 5.78. The molecule has 0 aliphatic rings. The molecule has 0 bridgehead atoms. The minimum Gasteiger partial charge on any atom is -0.355 e. The predicted molar refractivity (Wildman–Crippen MR) is 48.5 cm³/mol. The molecule has 1 heterocycles. The van der Waals surface area contributed by atoms with Crippen LogP contribution in [-0.2, 0) is 11.3 Å². The highest BCUT2D eigenvalue weighted by Gasteiger charge is 2.03. The summed E-state index contributed by atoms with van der Waals surface area (Å²) in [6.07, 6.45) is 2.44. The minimum atomic E-state index is -0.0817. The lowest BCUT2D eigenvalue weighted by Crippen LogP contribution is -2.27. The Morgan fingerprint density at radius 2 is 2.46 bits per heavy atom. The average Bonchev–Trinajstić information content (AvgIpc) is 2.52. The van der Waals surface area contributed by atoms with Gasteiger partial charge in [0.15, 0.2) is 6.29 Å². The van der Waals surface area contributed by atoms with Crippen LogP contribution in [-0.4, -0.2) is 23.3 Å². The SMILES string of the molecule is CCNC(=O)Cn1cccc1C=O. The first-order valence-corrected chi connectivity index (χ1v) is 4.15. The van der Waals surface area contributed by atoms with E-state index in [1.807, 2.05) is 6.92 Å². The van der Waals surface area contributed by atoms with Crippen LogP contribution in [0.5, 0.6) is 0 Å². The largest absolute Gasteiger partial charge is 0.355 e. The van der Waals surface area contributed by atoms with E-state index in [2.05, 4.69) is 5.32 Å². The Bertz CT molecular complexity index is 304. The molecule has 0 fully saturated rings. The van der Waals surface area contributed by atoms with E-state index >= 15 is 0 Å². The maximum absolute atomic E-state index is 11.1. The third-order valence-corrected chi connectivity index (χ3v) is 1.67. The zero-order valence-electron chi connectivity index (χ0n) is 7.49. The summed E-state index contributed by atoms with van der Waals surface area (Å²) in [5.41, 5.74) is 0.520. The fourth-order valence-corrected chi connectivity index (χ4v) is 1.09. The Hall–Kier alpha value is -1.58. The fourth-order valence-electron chi connectivity index (χ4n) is 1.09. The van der Waals surface area contributed by atoms with Gasteiger partial charge in [0.2, 0.25) is 5.91 Å². The molecule has 4 heteroatoms. The number of rotatable bonds is 4. The van der Waals surface area contributed by atoms with Gasteiger partial charge in [-0.1, -0.05) is 0 Å². The van der Waals surface area contributed by atoms with E-state index in [-0.39, 0.29) is 12.5 Å². The van der Waals surface area contributed by atoms with Crippen LogP contribution in [0.4, 0.5) is 0 Å². The molecule has 0 radical (unpaired) electrons. The lowest BCUT2D eigenvalue weighted by Gasteiger charge is -2.04. The maximum atomic E-state index is 11.1. The van der Waals surface area contributed by atoms with Gasteiger partial charge < -0.3 is 9.88 Å². The molecule has 1 amide bonds. The topological polar surface area (TPSA) is 51.1 Å². The van der Waals surface area contributed by atoms with E-state index in [1.54, 1.807) is 22.9 Å². The smallest absolute Gasteiger partial charge is 0.239 e. The van der Waals surface area contributed by atoms with Crippen LogP contribution in [0.1, 0.15) is 17.4 Å². The molecule has 1 rings (SSSR count). The second kappa shape index (κ2) is 4.45. The van der Waals surface area contributed by atoms with Crippen LogP contribution >= 0.6 is 0 Å². The molecule has 0 aliphatic carbocycles. The lowest BCUT2D eigenvalue weighted by atomic mass is 10.4. The minimum absolute atomic E-state index is 0.0817. The van der Waals surface area contributed by atoms with Crippen molar-refractivity contribution in [3.05, 3.63) is 24.0 Å². The molecule has 4 nitrogen and oxygen atoms in total. The monoisotopic (exact) mass is 180 g/mol. The van der Waals surface area contributed by atoms with E-state index in [9.17, 15) is 9.59 Å². The second-order valence-corrected chi connectivity index (χ2v) is 2.63. The zero-order valence-corrected chi connectivity index (χ0v) is 7.49. The number of hydrogen-bond acceptors (Lipinski definition) is 2. The van der Waals surface area contributed by atoms with Gasteiger partial charge in [0.05, 0.1) is 5.69 Å². The highest BCUT2D eigenvalue weighted by atomic mass is 16.2. The summed E-state index contributed by atoms with van der Waals surface area (Å²) in [7, 11) is 0. The van der Waals surface area contributed by atoms with Gasteiger partial charge in [-0.3, -0.25) is 9.59 Å². The van der Waals surface area contributed by atoms with Gasteiger partial charge in [0, 0.05) is 12.7 Å². The summed E-state index contributed by atoms with van der Waals surface area (Å²) in [6.45, 7) is 2.67. The summed E-state index contributed by atoms with van der Waals surface area (Å²) in [5.74, 6) is -0.0817. The van der Waals surface area contributed by atoms with Crippen molar-refractivity contribution < 1.29 is 9.59 Å². The van der Waals surface area contributed by atoms with Crippen molar-refractivity contribution in [2.75, 3.05) is 6.54 Å². The quantitative estimate of drug-likeness (QED) is 0.683. The number of aromatic nitrogens is 1. The molecular formula is C9H12N2O2. The van der Waals surface area contributed by atoms with E-state index in [4.69, 9.17) is 0 Å². The number of carbonyl (C=O) groups excluding carboxylic acids is 2. The molecule has 0 aromatic carbocycles. The number of likely N-dealkylation sites (N-methyl/N-ethyl adjacent to an activating group) is 1. The maximum Gasteiger partial charge on any atom is 0.239 e. The van der Waals surface area contributed by atoms with Gasteiger partial charge in [-0.15, -0.1) is 0 Å². The number of aldehydes is 1. The Morgan fingerprint density at radius 1 is 1.69 bits per heavy atom. The first-order valence-electron chi connectivity index (χ1n) is 4.15. The predicted octanol–water partition coefficient (Wildman–Crippen LogP) is 0.437. The Balaban J connectivity index is 2.62. The summed E-state index contributed by atoms with van der Waals surface area (Å²) >= 11 is 0. The molecular weight excluding hydrogens is 168 g/mol. The average molecular weight is 180 g/mol. The molecule has 13 heavy (non-hydrogen) atoms. The van der Waals surface area contributed by atoms with Crippen LogP contribution < -0.4 is 5.32 Å². The number of hydrogen-bond donors (Lipinski definition) is 1. The number of amides is 1. The highest BCUT2D eigenvalue weighted by Crippen LogP contribution is 1.98. The van der Waals surface area contributed by atoms with Gasteiger partial charge in [0.1, 0.15) is 6.54 Å². The standard InChI is InChI=1S/C9H12N2O2/c1-2-10-9(13)6-11-5-3-4-8(11)7-12/h3-5,7H,2,6H2,1H3,(H,10,13). The number of carbonyl (C=O) groups is 2. The van der Waals surface area contributed by atoms with Gasteiger partial charge in [-0.25, -0.2) is 0 Å². The Kier molecular flexibility index (Phi) is 3.25. The van der Waals surface area contributed by atoms with Gasteiger partial charge in [0.25, 0.3) is 0 Å². The Morgan fingerprint density at radius 3 is 3.08 bits per heavy atom. The molecule has 1 N–H and O–H groups in total. The summed E-state index contributed by atoms with van der Waals surface area (Å²) < 4.78 is 1.61.